The van der Waals surface area contributed by atoms with Crippen molar-refractivity contribution in [1.29, 1.82) is 0 Å². The van der Waals surface area contributed by atoms with E-state index in [0.717, 1.165) is 13.0 Å². The third-order valence-electron chi connectivity index (χ3n) is 2.66. The summed E-state index contributed by atoms with van der Waals surface area (Å²) in [4.78, 5) is 8.07. The fourth-order valence-corrected chi connectivity index (χ4v) is 1.91. The molecule has 0 aliphatic rings. The average Bonchev–Trinajstić information content (AvgIpc) is 2.41. The number of hydrogen-bond acceptors (Lipinski definition) is 5. The second-order valence-corrected chi connectivity index (χ2v) is 4.61. The molecule has 19 heavy (non-hydrogen) atoms. The third-order valence-corrected chi connectivity index (χ3v) is 2.94. The summed E-state index contributed by atoms with van der Waals surface area (Å²) in [6.07, 6.45) is 2.41. The van der Waals surface area contributed by atoms with Crippen molar-refractivity contribution < 1.29 is 0 Å². The van der Waals surface area contributed by atoms with Crippen molar-refractivity contribution in [3.63, 3.8) is 0 Å². The fourth-order valence-electron chi connectivity index (χ4n) is 1.75. The van der Waals surface area contributed by atoms with Crippen molar-refractivity contribution in [3.05, 3.63) is 46.6 Å². The molecule has 1 aromatic carbocycles. The average molecular weight is 278 g/mol. The zero-order chi connectivity index (χ0) is 13.7. The summed E-state index contributed by atoms with van der Waals surface area (Å²) in [5.41, 5.74) is 4.92. The number of halogens is 1. The van der Waals surface area contributed by atoms with Crippen molar-refractivity contribution in [3.8, 4) is 0 Å². The smallest absolute Gasteiger partial charge is 0.239 e. The molecular formula is C13H16ClN5. The molecule has 2 aromatic rings. The fraction of sp³-hybridized carbons (Fsp3) is 0.231. The predicted octanol–water partition coefficient (Wildman–Crippen LogP) is 2.38. The second-order valence-electron chi connectivity index (χ2n) is 4.20. The van der Waals surface area contributed by atoms with Crippen LogP contribution in [0.15, 0.2) is 30.5 Å². The molecule has 100 valence electrons. The van der Waals surface area contributed by atoms with Gasteiger partial charge < -0.3 is 5.32 Å². The number of nitrogen functional groups attached to an aromatic ring is 1. The lowest BCUT2D eigenvalue weighted by Crippen LogP contribution is -2.13. The number of nitrogens with one attached hydrogen (secondary N) is 2. The zero-order valence-corrected chi connectivity index (χ0v) is 11.4. The third kappa shape index (κ3) is 3.81. The van der Waals surface area contributed by atoms with Gasteiger partial charge in [-0.05, 0) is 18.9 Å². The van der Waals surface area contributed by atoms with Gasteiger partial charge in [0, 0.05) is 6.54 Å². The molecule has 0 saturated carbocycles. The van der Waals surface area contributed by atoms with Gasteiger partial charge in [0.15, 0.2) is 5.82 Å². The van der Waals surface area contributed by atoms with E-state index in [1.165, 1.54) is 17.3 Å². The molecule has 0 radical (unpaired) electrons. The number of hydrazine groups is 1. The Kier molecular flexibility index (Phi) is 4.54. The molecule has 0 aliphatic carbocycles. The number of benzene rings is 1. The minimum Gasteiger partial charge on any atom is -0.368 e. The molecule has 0 saturated heterocycles. The number of hydrogen-bond donors (Lipinski definition) is 3. The van der Waals surface area contributed by atoms with E-state index in [4.69, 9.17) is 17.4 Å². The van der Waals surface area contributed by atoms with Gasteiger partial charge in [0.2, 0.25) is 5.95 Å². The monoisotopic (exact) mass is 277 g/mol. The van der Waals surface area contributed by atoms with Gasteiger partial charge in [0.25, 0.3) is 0 Å². The number of nitrogens with zero attached hydrogens (tertiary/aromatic N) is 2. The van der Waals surface area contributed by atoms with Crippen LogP contribution in [0.5, 0.6) is 0 Å². The van der Waals surface area contributed by atoms with E-state index < -0.39 is 0 Å². The van der Waals surface area contributed by atoms with Crippen LogP contribution in [0.1, 0.15) is 11.1 Å². The van der Waals surface area contributed by atoms with E-state index in [9.17, 15) is 0 Å². The Morgan fingerprint density at radius 2 is 2.21 bits per heavy atom. The lowest BCUT2D eigenvalue weighted by Gasteiger charge is -2.08. The van der Waals surface area contributed by atoms with Crippen LogP contribution in [-0.4, -0.2) is 16.5 Å². The highest BCUT2D eigenvalue weighted by Crippen LogP contribution is 2.18. The molecule has 5 nitrogen and oxygen atoms in total. The van der Waals surface area contributed by atoms with Gasteiger partial charge in [0.1, 0.15) is 5.02 Å². The first kappa shape index (κ1) is 13.6. The molecule has 1 aromatic heterocycles. The van der Waals surface area contributed by atoms with E-state index >= 15 is 0 Å². The summed E-state index contributed by atoms with van der Waals surface area (Å²) < 4.78 is 0. The summed E-state index contributed by atoms with van der Waals surface area (Å²) in [6.45, 7) is 2.82. The maximum absolute atomic E-state index is 6.00. The van der Waals surface area contributed by atoms with Crippen LogP contribution >= 0.6 is 11.6 Å². The highest BCUT2D eigenvalue weighted by Gasteiger charge is 2.04. The maximum Gasteiger partial charge on any atom is 0.239 e. The van der Waals surface area contributed by atoms with Crippen LogP contribution in [0.2, 0.25) is 5.02 Å². The van der Waals surface area contributed by atoms with Crippen LogP contribution < -0.4 is 16.6 Å². The highest BCUT2D eigenvalue weighted by atomic mass is 35.5. The van der Waals surface area contributed by atoms with E-state index in [0.29, 0.717) is 16.8 Å². The lowest BCUT2D eigenvalue weighted by atomic mass is 10.1. The molecule has 0 aliphatic heterocycles. The number of nitrogens with two attached hydrogens (primary N) is 1. The van der Waals surface area contributed by atoms with Gasteiger partial charge in [-0.3, -0.25) is 5.43 Å². The van der Waals surface area contributed by atoms with Crippen LogP contribution in [0.25, 0.3) is 0 Å². The van der Waals surface area contributed by atoms with Crippen LogP contribution in [0, 0.1) is 6.92 Å². The first-order valence-corrected chi connectivity index (χ1v) is 6.35. The zero-order valence-electron chi connectivity index (χ0n) is 10.7. The molecule has 1 heterocycles. The topological polar surface area (TPSA) is 75.9 Å². The highest BCUT2D eigenvalue weighted by molar-refractivity contribution is 6.32. The van der Waals surface area contributed by atoms with Crippen molar-refractivity contribution in [1.82, 2.24) is 9.97 Å². The van der Waals surface area contributed by atoms with Gasteiger partial charge >= 0.3 is 0 Å². The molecule has 0 unspecified atom stereocenters. The van der Waals surface area contributed by atoms with Crippen LogP contribution in [0.3, 0.4) is 0 Å². The molecule has 0 bridgehead atoms. The first-order chi connectivity index (χ1) is 9.19. The Balaban J connectivity index is 1.95. The Bertz CT molecular complexity index is 558. The van der Waals surface area contributed by atoms with Crippen molar-refractivity contribution in [2.24, 2.45) is 5.84 Å². The Labute approximate surface area is 117 Å². The van der Waals surface area contributed by atoms with Crippen molar-refractivity contribution in [2.75, 3.05) is 17.3 Å². The Morgan fingerprint density at radius 3 is 2.95 bits per heavy atom. The van der Waals surface area contributed by atoms with Gasteiger partial charge in [-0.15, -0.1) is 0 Å². The SMILES string of the molecule is Cc1cccc(CCNc2nc(NN)ncc2Cl)c1. The molecule has 6 heteroatoms. The summed E-state index contributed by atoms with van der Waals surface area (Å²) in [5, 5.41) is 3.65. The second kappa shape index (κ2) is 6.36. The minimum atomic E-state index is 0.336. The molecule has 2 rings (SSSR count). The molecule has 0 atom stereocenters. The standard InChI is InChI=1S/C13H16ClN5/c1-9-3-2-4-10(7-9)5-6-16-12-11(14)8-17-13(18-12)19-15/h2-4,7-8H,5-6,15H2,1H3,(H2,16,17,18,19). The van der Waals surface area contributed by atoms with Gasteiger partial charge in [-0.25, -0.2) is 10.8 Å². The Morgan fingerprint density at radius 1 is 1.37 bits per heavy atom. The van der Waals surface area contributed by atoms with Gasteiger partial charge in [-0.2, -0.15) is 4.98 Å². The summed E-state index contributed by atoms with van der Waals surface area (Å²) >= 11 is 6.00. The molecular weight excluding hydrogens is 262 g/mol. The van der Waals surface area contributed by atoms with E-state index in [-0.39, 0.29) is 0 Å². The summed E-state index contributed by atoms with van der Waals surface area (Å²) in [5.74, 6) is 6.18. The number of aromatic nitrogens is 2. The lowest BCUT2D eigenvalue weighted by molar-refractivity contribution is 0.995. The van der Waals surface area contributed by atoms with Gasteiger partial charge in [-0.1, -0.05) is 41.4 Å². The van der Waals surface area contributed by atoms with Crippen molar-refractivity contribution >= 4 is 23.4 Å². The van der Waals surface area contributed by atoms with E-state index in [1.807, 2.05) is 0 Å². The quantitative estimate of drug-likeness (QED) is 0.578. The minimum absolute atomic E-state index is 0.336. The molecule has 0 amide bonds. The van der Waals surface area contributed by atoms with E-state index in [1.54, 1.807) is 0 Å². The van der Waals surface area contributed by atoms with Crippen LogP contribution in [-0.2, 0) is 6.42 Å². The first-order valence-electron chi connectivity index (χ1n) is 5.97. The molecule has 0 spiro atoms. The van der Waals surface area contributed by atoms with Gasteiger partial charge in [0.05, 0.1) is 6.20 Å². The normalized spacial score (nSPS) is 10.3. The maximum atomic E-state index is 6.00. The molecule has 0 fully saturated rings. The summed E-state index contributed by atoms with van der Waals surface area (Å²) in [6, 6.07) is 8.40. The largest absolute Gasteiger partial charge is 0.368 e. The van der Waals surface area contributed by atoms with Crippen LogP contribution in [0.4, 0.5) is 11.8 Å². The Hall–Kier alpha value is -1.85. The summed E-state index contributed by atoms with van der Waals surface area (Å²) in [7, 11) is 0. The molecule has 4 N–H and O–H groups in total. The number of rotatable bonds is 5. The predicted molar refractivity (Wildman–Crippen MR) is 78.2 cm³/mol. The number of anilines is 2. The number of aryl methyl sites for hydroxylation is 1. The van der Waals surface area contributed by atoms with Crippen molar-refractivity contribution in [2.45, 2.75) is 13.3 Å². The van der Waals surface area contributed by atoms with E-state index in [2.05, 4.69) is 51.9 Å².